The van der Waals surface area contributed by atoms with Crippen LogP contribution in [0.3, 0.4) is 0 Å². The molecule has 2 heterocycles. The first-order valence-electron chi connectivity index (χ1n) is 17.2. The summed E-state index contributed by atoms with van der Waals surface area (Å²) in [6, 6.07) is 10.1. The van der Waals surface area contributed by atoms with Crippen molar-refractivity contribution in [2.24, 2.45) is 0 Å². The third-order valence-electron chi connectivity index (χ3n) is 8.90. The summed E-state index contributed by atoms with van der Waals surface area (Å²) in [7, 11) is 1.67. The minimum atomic E-state index is -0.715. The molecule has 5 atom stereocenters. The largest absolute Gasteiger partial charge is 0.440 e. The summed E-state index contributed by atoms with van der Waals surface area (Å²) in [6.07, 6.45) is 15.5. The Kier molecular flexibility index (Phi) is 16.4. The molecule has 2 aromatic rings. The van der Waals surface area contributed by atoms with Gasteiger partial charge in [-0.05, 0) is 44.4 Å². The molecule has 44 heavy (non-hydrogen) atoms. The van der Waals surface area contributed by atoms with Crippen LogP contribution in [0.15, 0.2) is 36.5 Å². The Labute approximate surface area is 266 Å². The van der Waals surface area contributed by atoms with E-state index in [0.29, 0.717) is 26.1 Å². The fraction of sp³-hybridized carbons (Fsp3) is 0.722. The van der Waals surface area contributed by atoms with Crippen LogP contribution >= 0.6 is 0 Å². The lowest BCUT2D eigenvalue weighted by Crippen LogP contribution is -2.59. The maximum Gasteiger partial charge on any atom is 0.407 e. The van der Waals surface area contributed by atoms with E-state index >= 15 is 0 Å². The average molecular weight is 614 g/mol. The minimum absolute atomic E-state index is 0.175. The first kappa shape index (κ1) is 36.2. The molecule has 1 saturated heterocycles. The predicted octanol–water partition coefficient (Wildman–Crippen LogP) is 8.07. The quantitative estimate of drug-likeness (QED) is 0.138. The van der Waals surface area contributed by atoms with E-state index < -0.39 is 17.8 Å². The van der Waals surface area contributed by atoms with E-state index in [2.05, 4.69) is 35.5 Å². The third kappa shape index (κ3) is 11.9. The van der Waals surface area contributed by atoms with E-state index in [4.69, 9.17) is 18.9 Å². The second kappa shape index (κ2) is 20.0. The molecule has 0 bridgehead atoms. The van der Waals surface area contributed by atoms with Crippen molar-refractivity contribution >= 4 is 17.0 Å². The molecule has 8 heteroatoms. The first-order valence-corrected chi connectivity index (χ1v) is 17.2. The lowest BCUT2D eigenvalue weighted by molar-refractivity contribution is -0.288. The second-order valence-electron chi connectivity index (χ2n) is 12.6. The monoisotopic (exact) mass is 613 g/mol. The number of unbranched alkanes of at least 4 members (excludes halogenated alkanes) is 8. The molecule has 0 aliphatic carbocycles. The van der Waals surface area contributed by atoms with Crippen LogP contribution in [0.5, 0.6) is 0 Å². The Hall–Kier alpha value is -2.26. The van der Waals surface area contributed by atoms with Gasteiger partial charge in [-0.15, -0.1) is 0 Å². The van der Waals surface area contributed by atoms with Gasteiger partial charge in [-0.3, -0.25) is 4.98 Å². The van der Waals surface area contributed by atoms with Crippen molar-refractivity contribution in [2.45, 2.75) is 148 Å². The number of benzene rings is 1. The first-order chi connectivity index (χ1) is 21.4. The second-order valence-corrected chi connectivity index (χ2v) is 12.6. The van der Waals surface area contributed by atoms with Crippen LogP contribution in [0.2, 0.25) is 0 Å². The standard InChI is InChI=1S/C36H59N3O5/c1-6-8-10-11-12-13-15-19-30(18-14-9-7-2)43-33-26-36(4,41-5)34(28(3)42-33)44-35(40)39-25-24-37-27-29-22-23-38-32-21-17-16-20-31(29)32/h16-17,20-23,28,30,33-34,37H,6-15,18-19,24-27H2,1-5H3,(H,39,40)/t28-,30?,33+,34-,36+/m0/s1. The van der Waals surface area contributed by atoms with Gasteiger partial charge in [-0.1, -0.05) is 96.3 Å². The Morgan fingerprint density at radius 2 is 1.68 bits per heavy atom. The number of amides is 1. The number of pyridine rings is 1. The van der Waals surface area contributed by atoms with Crippen LogP contribution in [0, 0.1) is 0 Å². The topological polar surface area (TPSA) is 90.9 Å². The molecule has 1 aromatic carbocycles. The number of rotatable bonds is 21. The van der Waals surface area contributed by atoms with Gasteiger partial charge in [0.2, 0.25) is 0 Å². The van der Waals surface area contributed by atoms with Crippen LogP contribution in [0.4, 0.5) is 4.79 Å². The zero-order valence-electron chi connectivity index (χ0n) is 28.1. The van der Waals surface area contributed by atoms with Gasteiger partial charge in [0, 0.05) is 44.7 Å². The van der Waals surface area contributed by atoms with Crippen molar-refractivity contribution in [3.8, 4) is 0 Å². The number of nitrogens with one attached hydrogen (secondary N) is 2. The lowest BCUT2D eigenvalue weighted by Gasteiger charge is -2.46. The number of carbonyl (C=O) groups excluding carboxylic acids is 1. The minimum Gasteiger partial charge on any atom is -0.440 e. The van der Waals surface area contributed by atoms with Crippen LogP contribution in [-0.2, 0) is 25.5 Å². The molecular formula is C36H59N3O5. The molecule has 1 fully saturated rings. The molecular weight excluding hydrogens is 554 g/mol. The summed E-state index contributed by atoms with van der Waals surface area (Å²) >= 11 is 0. The number of para-hydroxylation sites is 1. The van der Waals surface area contributed by atoms with Crippen molar-refractivity contribution in [2.75, 3.05) is 20.2 Å². The Balaban J connectivity index is 1.43. The number of hydrogen-bond donors (Lipinski definition) is 2. The van der Waals surface area contributed by atoms with E-state index in [1.807, 2.05) is 44.3 Å². The highest BCUT2D eigenvalue weighted by atomic mass is 16.7. The molecule has 1 aromatic heterocycles. The van der Waals surface area contributed by atoms with Crippen molar-refractivity contribution < 1.29 is 23.7 Å². The SMILES string of the molecule is CCCCCCCCCC(CCCCC)O[C@@H]1C[C@@](C)(OC)[C@@H](OC(=O)NCCNCc2ccnc3ccccc23)[C@H](C)O1. The molecule has 1 aliphatic rings. The fourth-order valence-corrected chi connectivity index (χ4v) is 6.19. The average Bonchev–Trinajstić information content (AvgIpc) is 3.02. The Morgan fingerprint density at radius 1 is 1.00 bits per heavy atom. The summed E-state index contributed by atoms with van der Waals surface area (Å²) < 4.78 is 24.8. The van der Waals surface area contributed by atoms with E-state index in [1.165, 1.54) is 69.8 Å². The van der Waals surface area contributed by atoms with Crippen molar-refractivity contribution in [1.82, 2.24) is 15.6 Å². The molecule has 1 amide bonds. The summed E-state index contributed by atoms with van der Waals surface area (Å²) in [6.45, 7) is 10.2. The number of nitrogens with zero attached hydrogens (tertiary/aromatic N) is 1. The van der Waals surface area contributed by atoms with Crippen molar-refractivity contribution in [1.29, 1.82) is 0 Å². The Bertz CT molecular complexity index is 1080. The molecule has 3 rings (SSSR count). The summed E-state index contributed by atoms with van der Waals surface area (Å²) in [4.78, 5) is 17.2. The molecule has 8 nitrogen and oxygen atoms in total. The van der Waals surface area contributed by atoms with Gasteiger partial charge >= 0.3 is 6.09 Å². The van der Waals surface area contributed by atoms with E-state index in [1.54, 1.807) is 7.11 Å². The van der Waals surface area contributed by atoms with Crippen LogP contribution in [0.1, 0.15) is 117 Å². The number of aromatic nitrogens is 1. The lowest BCUT2D eigenvalue weighted by atomic mass is 9.88. The van der Waals surface area contributed by atoms with Gasteiger partial charge in [0.05, 0.1) is 17.7 Å². The molecule has 0 spiro atoms. The summed E-state index contributed by atoms with van der Waals surface area (Å²) in [5, 5.41) is 7.40. The van der Waals surface area contributed by atoms with E-state index in [9.17, 15) is 4.79 Å². The van der Waals surface area contributed by atoms with E-state index in [-0.39, 0.29) is 18.5 Å². The normalized spacial score (nSPS) is 22.6. The molecule has 1 aliphatic heterocycles. The van der Waals surface area contributed by atoms with Gasteiger partial charge in [0.15, 0.2) is 12.4 Å². The van der Waals surface area contributed by atoms with Gasteiger partial charge in [0.1, 0.15) is 5.60 Å². The highest BCUT2D eigenvalue weighted by Gasteiger charge is 2.49. The van der Waals surface area contributed by atoms with Gasteiger partial charge in [-0.2, -0.15) is 0 Å². The smallest absolute Gasteiger partial charge is 0.407 e. The number of hydrogen-bond acceptors (Lipinski definition) is 7. The highest BCUT2D eigenvalue weighted by Crippen LogP contribution is 2.35. The zero-order chi connectivity index (χ0) is 31.6. The van der Waals surface area contributed by atoms with Crippen molar-refractivity contribution in [3.63, 3.8) is 0 Å². The number of fused-ring (bicyclic) bond motifs is 1. The molecule has 0 saturated carbocycles. The number of carbonyl (C=O) groups is 1. The Morgan fingerprint density at radius 3 is 2.43 bits per heavy atom. The number of methoxy groups -OCH3 is 1. The van der Waals surface area contributed by atoms with Gasteiger partial charge < -0.3 is 29.6 Å². The summed E-state index contributed by atoms with van der Waals surface area (Å²) in [5.74, 6) is 0. The maximum absolute atomic E-state index is 12.8. The van der Waals surface area contributed by atoms with Crippen LogP contribution in [-0.4, -0.2) is 61.5 Å². The summed E-state index contributed by atoms with van der Waals surface area (Å²) in [5.41, 5.74) is 1.44. The number of alkyl carbamates (subject to hydrolysis) is 1. The molecule has 1 unspecified atom stereocenters. The predicted molar refractivity (Wildman–Crippen MR) is 178 cm³/mol. The van der Waals surface area contributed by atoms with Crippen LogP contribution < -0.4 is 10.6 Å². The van der Waals surface area contributed by atoms with E-state index in [0.717, 1.165) is 23.7 Å². The van der Waals surface area contributed by atoms with Gasteiger partial charge in [0.25, 0.3) is 0 Å². The highest BCUT2D eigenvalue weighted by molar-refractivity contribution is 5.81. The van der Waals surface area contributed by atoms with Crippen molar-refractivity contribution in [3.05, 3.63) is 42.1 Å². The molecule has 248 valence electrons. The van der Waals surface area contributed by atoms with Crippen LogP contribution in [0.25, 0.3) is 10.9 Å². The maximum atomic E-state index is 12.8. The number of ether oxygens (including phenoxy) is 4. The molecule has 2 N–H and O–H groups in total. The molecule has 0 radical (unpaired) electrons. The third-order valence-corrected chi connectivity index (χ3v) is 8.90. The zero-order valence-corrected chi connectivity index (χ0v) is 28.1. The fourth-order valence-electron chi connectivity index (χ4n) is 6.19. The van der Waals surface area contributed by atoms with Gasteiger partial charge in [-0.25, -0.2) is 4.79 Å².